The zero-order valence-corrected chi connectivity index (χ0v) is 17.9. The highest BCUT2D eigenvalue weighted by atomic mass is 35.5. The van der Waals surface area contributed by atoms with E-state index in [1.165, 1.54) is 0 Å². The Morgan fingerprint density at radius 3 is 2.77 bits per heavy atom. The van der Waals surface area contributed by atoms with Crippen LogP contribution in [-0.4, -0.2) is 39.9 Å². The molecule has 3 aromatic rings. The van der Waals surface area contributed by atoms with E-state index < -0.39 is 6.04 Å². The summed E-state index contributed by atoms with van der Waals surface area (Å²) in [6.45, 7) is 1.49. The number of carbonyl (C=O) groups excluding carboxylic acids is 1. The number of primary amides is 1. The van der Waals surface area contributed by atoms with Gasteiger partial charge in [-0.15, -0.1) is 0 Å². The molecule has 3 heterocycles. The van der Waals surface area contributed by atoms with Gasteiger partial charge < -0.3 is 10.7 Å². The molecule has 0 saturated carbocycles. The number of nitrogens with one attached hydrogen (secondary N) is 1. The molecule has 2 aromatic heterocycles. The fourth-order valence-electron chi connectivity index (χ4n) is 4.26. The first-order chi connectivity index (χ1) is 15.0. The summed E-state index contributed by atoms with van der Waals surface area (Å²) in [5, 5.41) is 0.560. The van der Waals surface area contributed by atoms with Crippen LogP contribution in [0.4, 0.5) is 0 Å². The normalized spacial score (nSPS) is 17.9. The standard InChI is InChI=1S/C24H25ClN4O2/c25-19-8-9-20(27-14-19)12-22(23(26)30)29-10-4-7-17(15-29)18-11-21(24(31)28-13-18)16-5-2-1-3-6-16/h1-3,5-6,8-9,11,13-14,17,22H,4,7,10,12,15H2,(H2,26,30)(H,28,31). The van der Waals surface area contributed by atoms with Gasteiger partial charge >= 0.3 is 0 Å². The number of carbonyl (C=O) groups is 1. The lowest BCUT2D eigenvalue weighted by molar-refractivity contribution is -0.123. The van der Waals surface area contributed by atoms with Crippen molar-refractivity contribution in [3.63, 3.8) is 0 Å². The van der Waals surface area contributed by atoms with E-state index in [1.807, 2.05) is 42.5 Å². The van der Waals surface area contributed by atoms with Gasteiger partial charge in [0.2, 0.25) is 5.91 Å². The van der Waals surface area contributed by atoms with E-state index in [0.29, 0.717) is 23.6 Å². The van der Waals surface area contributed by atoms with Crippen LogP contribution in [0.5, 0.6) is 0 Å². The van der Waals surface area contributed by atoms with E-state index in [0.717, 1.165) is 36.2 Å². The number of rotatable bonds is 6. The average molecular weight is 437 g/mol. The van der Waals surface area contributed by atoms with Crippen LogP contribution in [0.3, 0.4) is 0 Å². The molecule has 7 heteroatoms. The topological polar surface area (TPSA) is 92.1 Å². The zero-order chi connectivity index (χ0) is 21.8. The number of hydrogen-bond acceptors (Lipinski definition) is 4. The van der Waals surface area contributed by atoms with Crippen LogP contribution in [0.1, 0.15) is 30.0 Å². The van der Waals surface area contributed by atoms with Gasteiger partial charge in [0, 0.05) is 36.6 Å². The maximum absolute atomic E-state index is 12.4. The van der Waals surface area contributed by atoms with Crippen molar-refractivity contribution < 1.29 is 4.79 Å². The van der Waals surface area contributed by atoms with E-state index in [-0.39, 0.29) is 17.4 Å². The first kappa shape index (κ1) is 21.3. The summed E-state index contributed by atoms with van der Waals surface area (Å²) in [5.41, 5.74) is 9.06. The molecule has 1 aliphatic heterocycles. The molecule has 160 valence electrons. The summed E-state index contributed by atoms with van der Waals surface area (Å²) in [4.78, 5) is 34.0. The van der Waals surface area contributed by atoms with Crippen molar-refractivity contribution in [1.29, 1.82) is 0 Å². The minimum atomic E-state index is -0.437. The lowest BCUT2D eigenvalue weighted by atomic mass is 9.89. The molecule has 2 atom stereocenters. The molecule has 0 aliphatic carbocycles. The van der Waals surface area contributed by atoms with E-state index in [1.54, 1.807) is 18.5 Å². The number of hydrogen-bond donors (Lipinski definition) is 2. The third-order valence-electron chi connectivity index (χ3n) is 5.89. The number of aromatic nitrogens is 2. The van der Waals surface area contributed by atoms with E-state index in [9.17, 15) is 9.59 Å². The molecule has 0 radical (unpaired) electrons. The van der Waals surface area contributed by atoms with E-state index >= 15 is 0 Å². The Hall–Kier alpha value is -2.96. The second kappa shape index (κ2) is 9.45. The molecule has 0 bridgehead atoms. The fraction of sp³-hybridized carbons (Fsp3) is 0.292. The van der Waals surface area contributed by atoms with Gasteiger partial charge in [0.15, 0.2) is 0 Å². The lowest BCUT2D eigenvalue weighted by Gasteiger charge is -2.37. The minimum Gasteiger partial charge on any atom is -0.368 e. The first-order valence-electron chi connectivity index (χ1n) is 10.4. The Balaban J connectivity index is 1.55. The summed E-state index contributed by atoms with van der Waals surface area (Å²) >= 11 is 5.92. The molecule has 1 amide bonds. The smallest absolute Gasteiger partial charge is 0.255 e. The number of likely N-dealkylation sites (tertiary alicyclic amines) is 1. The largest absolute Gasteiger partial charge is 0.368 e. The van der Waals surface area contributed by atoms with Gasteiger partial charge in [0.1, 0.15) is 0 Å². The number of halogens is 1. The molecule has 1 saturated heterocycles. The SMILES string of the molecule is NC(=O)C(Cc1ccc(Cl)cn1)N1CCCC(c2c[nH]c(=O)c(-c3ccccc3)c2)C1. The van der Waals surface area contributed by atoms with Gasteiger partial charge in [-0.25, -0.2) is 0 Å². The number of nitrogens with two attached hydrogens (primary N) is 1. The number of pyridine rings is 2. The number of H-pyrrole nitrogens is 1. The number of benzene rings is 1. The summed E-state index contributed by atoms with van der Waals surface area (Å²) < 4.78 is 0. The zero-order valence-electron chi connectivity index (χ0n) is 17.1. The van der Waals surface area contributed by atoms with Crippen LogP contribution in [0.25, 0.3) is 11.1 Å². The van der Waals surface area contributed by atoms with Crippen LogP contribution >= 0.6 is 11.6 Å². The second-order valence-corrected chi connectivity index (χ2v) is 8.40. The summed E-state index contributed by atoms with van der Waals surface area (Å²) in [6.07, 6.45) is 5.76. The average Bonchev–Trinajstić information content (AvgIpc) is 2.79. The van der Waals surface area contributed by atoms with Gasteiger partial charge in [0.05, 0.1) is 11.1 Å². The van der Waals surface area contributed by atoms with Crippen molar-refractivity contribution in [2.24, 2.45) is 5.73 Å². The van der Waals surface area contributed by atoms with Crippen LogP contribution in [0.15, 0.2) is 65.7 Å². The first-order valence-corrected chi connectivity index (χ1v) is 10.8. The molecule has 2 unspecified atom stereocenters. The third-order valence-corrected chi connectivity index (χ3v) is 6.12. The van der Waals surface area contributed by atoms with Crippen LogP contribution in [-0.2, 0) is 11.2 Å². The van der Waals surface area contributed by atoms with Gasteiger partial charge in [-0.2, -0.15) is 0 Å². The second-order valence-electron chi connectivity index (χ2n) is 7.97. The maximum atomic E-state index is 12.4. The molecule has 31 heavy (non-hydrogen) atoms. The Morgan fingerprint density at radius 2 is 2.06 bits per heavy atom. The minimum absolute atomic E-state index is 0.105. The predicted molar refractivity (Wildman–Crippen MR) is 122 cm³/mol. The monoisotopic (exact) mass is 436 g/mol. The molecule has 4 rings (SSSR count). The molecule has 1 aliphatic rings. The highest BCUT2D eigenvalue weighted by Gasteiger charge is 2.30. The van der Waals surface area contributed by atoms with E-state index in [4.69, 9.17) is 17.3 Å². The molecular formula is C24H25ClN4O2. The third kappa shape index (κ3) is 5.03. The molecule has 1 fully saturated rings. The summed E-state index contributed by atoms with van der Waals surface area (Å²) in [6, 6.07) is 14.8. The molecular weight excluding hydrogens is 412 g/mol. The van der Waals surface area contributed by atoms with Gasteiger partial charge in [-0.3, -0.25) is 19.5 Å². The number of amides is 1. The maximum Gasteiger partial charge on any atom is 0.255 e. The Morgan fingerprint density at radius 1 is 1.26 bits per heavy atom. The van der Waals surface area contributed by atoms with Gasteiger partial charge in [-0.05, 0) is 54.6 Å². The molecule has 0 spiro atoms. The molecule has 6 nitrogen and oxygen atoms in total. The Labute approximate surface area is 186 Å². The fourth-order valence-corrected chi connectivity index (χ4v) is 4.38. The van der Waals surface area contributed by atoms with Crippen LogP contribution in [0.2, 0.25) is 5.02 Å². The van der Waals surface area contributed by atoms with Crippen molar-refractivity contribution in [1.82, 2.24) is 14.9 Å². The van der Waals surface area contributed by atoms with Crippen molar-refractivity contribution in [3.8, 4) is 11.1 Å². The highest BCUT2D eigenvalue weighted by Crippen LogP contribution is 2.29. The predicted octanol–water partition coefficient (Wildman–Crippen LogP) is 3.37. The quantitative estimate of drug-likeness (QED) is 0.619. The van der Waals surface area contributed by atoms with Gasteiger partial charge in [0.25, 0.3) is 5.56 Å². The number of nitrogens with zero attached hydrogens (tertiary/aromatic N) is 2. The number of aromatic amines is 1. The van der Waals surface area contributed by atoms with Crippen molar-refractivity contribution in [3.05, 3.63) is 87.6 Å². The summed E-state index contributed by atoms with van der Waals surface area (Å²) in [7, 11) is 0. The van der Waals surface area contributed by atoms with Crippen LogP contribution in [0, 0.1) is 0 Å². The van der Waals surface area contributed by atoms with Crippen molar-refractivity contribution in [2.45, 2.75) is 31.2 Å². The molecule has 3 N–H and O–H groups in total. The molecule has 1 aromatic carbocycles. The van der Waals surface area contributed by atoms with Gasteiger partial charge in [-0.1, -0.05) is 41.9 Å². The Kier molecular flexibility index (Phi) is 6.49. The van der Waals surface area contributed by atoms with Crippen molar-refractivity contribution >= 4 is 17.5 Å². The van der Waals surface area contributed by atoms with Crippen LogP contribution < -0.4 is 11.3 Å². The lowest BCUT2D eigenvalue weighted by Crippen LogP contribution is -2.50. The Bertz CT molecular complexity index is 1100. The van der Waals surface area contributed by atoms with E-state index in [2.05, 4.69) is 14.9 Å². The number of piperidine rings is 1. The van der Waals surface area contributed by atoms with Crippen molar-refractivity contribution in [2.75, 3.05) is 13.1 Å². The summed E-state index contributed by atoms with van der Waals surface area (Å²) in [5.74, 6) is -0.156. The highest BCUT2D eigenvalue weighted by molar-refractivity contribution is 6.30.